The zero-order valence-electron chi connectivity index (χ0n) is 9.42. The van der Waals surface area contributed by atoms with E-state index in [-0.39, 0.29) is 5.91 Å². The predicted molar refractivity (Wildman–Crippen MR) is 58.2 cm³/mol. The van der Waals surface area contributed by atoms with Crippen molar-refractivity contribution in [1.82, 2.24) is 20.8 Å². The SMILES string of the molecule is CCNC(C)(C)C(=O)NCc1cn[nH]c1. The molecule has 1 rings (SSSR count). The van der Waals surface area contributed by atoms with Crippen molar-refractivity contribution in [3.8, 4) is 0 Å². The van der Waals surface area contributed by atoms with E-state index in [1.165, 1.54) is 0 Å². The number of hydrogen-bond acceptors (Lipinski definition) is 3. The highest BCUT2D eigenvalue weighted by atomic mass is 16.2. The fourth-order valence-electron chi connectivity index (χ4n) is 1.30. The van der Waals surface area contributed by atoms with Gasteiger partial charge < -0.3 is 10.6 Å². The van der Waals surface area contributed by atoms with E-state index in [2.05, 4.69) is 20.8 Å². The summed E-state index contributed by atoms with van der Waals surface area (Å²) < 4.78 is 0. The first-order chi connectivity index (χ1) is 7.06. The molecule has 3 N–H and O–H groups in total. The molecule has 0 aromatic carbocycles. The van der Waals surface area contributed by atoms with E-state index in [1.54, 1.807) is 12.4 Å². The molecule has 5 heteroatoms. The minimum atomic E-state index is -0.529. The predicted octanol–water partition coefficient (Wildman–Crippen LogP) is 0.414. The monoisotopic (exact) mass is 210 g/mol. The summed E-state index contributed by atoms with van der Waals surface area (Å²) in [6, 6.07) is 0. The van der Waals surface area contributed by atoms with Crippen LogP contribution >= 0.6 is 0 Å². The second-order valence-electron chi connectivity index (χ2n) is 3.94. The Morgan fingerprint density at radius 3 is 2.87 bits per heavy atom. The number of H-pyrrole nitrogens is 1. The molecule has 0 unspecified atom stereocenters. The third kappa shape index (κ3) is 3.36. The van der Waals surface area contributed by atoms with Gasteiger partial charge in [0.15, 0.2) is 0 Å². The summed E-state index contributed by atoms with van der Waals surface area (Å²) in [5.74, 6) is -0.00875. The number of nitrogens with one attached hydrogen (secondary N) is 3. The summed E-state index contributed by atoms with van der Waals surface area (Å²) >= 11 is 0. The molecule has 0 saturated heterocycles. The number of nitrogens with zero attached hydrogens (tertiary/aromatic N) is 1. The molecule has 0 aliphatic heterocycles. The van der Waals surface area contributed by atoms with Gasteiger partial charge in [0.1, 0.15) is 0 Å². The first-order valence-electron chi connectivity index (χ1n) is 5.07. The van der Waals surface area contributed by atoms with Gasteiger partial charge in [-0.15, -0.1) is 0 Å². The van der Waals surface area contributed by atoms with Crippen LogP contribution in [0, 0.1) is 0 Å². The van der Waals surface area contributed by atoms with Crippen LogP contribution in [0.4, 0.5) is 0 Å². The molecule has 84 valence electrons. The highest BCUT2D eigenvalue weighted by molar-refractivity contribution is 5.85. The Hall–Kier alpha value is -1.36. The van der Waals surface area contributed by atoms with Crippen LogP contribution in [0.15, 0.2) is 12.4 Å². The van der Waals surface area contributed by atoms with Crippen LogP contribution in [0.25, 0.3) is 0 Å². The number of aromatic amines is 1. The van der Waals surface area contributed by atoms with E-state index >= 15 is 0 Å². The summed E-state index contributed by atoms with van der Waals surface area (Å²) in [7, 11) is 0. The molecule has 1 aromatic heterocycles. The number of amides is 1. The lowest BCUT2D eigenvalue weighted by Gasteiger charge is -2.24. The van der Waals surface area contributed by atoms with E-state index in [9.17, 15) is 4.79 Å². The molecule has 0 radical (unpaired) electrons. The van der Waals surface area contributed by atoms with Crippen LogP contribution in [-0.2, 0) is 11.3 Å². The number of carbonyl (C=O) groups is 1. The van der Waals surface area contributed by atoms with Crippen molar-refractivity contribution in [2.75, 3.05) is 6.54 Å². The summed E-state index contributed by atoms with van der Waals surface area (Å²) in [6.07, 6.45) is 3.46. The van der Waals surface area contributed by atoms with Crippen molar-refractivity contribution in [1.29, 1.82) is 0 Å². The van der Waals surface area contributed by atoms with Crippen molar-refractivity contribution in [3.05, 3.63) is 18.0 Å². The molecule has 15 heavy (non-hydrogen) atoms. The highest BCUT2D eigenvalue weighted by Gasteiger charge is 2.25. The number of hydrogen-bond donors (Lipinski definition) is 3. The first kappa shape index (κ1) is 11.7. The smallest absolute Gasteiger partial charge is 0.239 e. The number of rotatable bonds is 5. The van der Waals surface area contributed by atoms with Gasteiger partial charge in [0, 0.05) is 18.3 Å². The van der Waals surface area contributed by atoms with E-state index in [1.807, 2.05) is 20.8 Å². The summed E-state index contributed by atoms with van der Waals surface area (Å²) in [5.41, 5.74) is 0.439. The maximum absolute atomic E-state index is 11.7. The Morgan fingerprint density at radius 2 is 2.33 bits per heavy atom. The Labute approximate surface area is 89.6 Å². The van der Waals surface area contributed by atoms with Gasteiger partial charge in [0.25, 0.3) is 0 Å². The molecule has 1 amide bonds. The van der Waals surface area contributed by atoms with Gasteiger partial charge in [-0.3, -0.25) is 9.89 Å². The highest BCUT2D eigenvalue weighted by Crippen LogP contribution is 2.02. The zero-order valence-corrected chi connectivity index (χ0v) is 9.42. The van der Waals surface area contributed by atoms with Gasteiger partial charge >= 0.3 is 0 Å². The van der Waals surface area contributed by atoms with E-state index in [0.717, 1.165) is 12.1 Å². The lowest BCUT2D eigenvalue weighted by atomic mass is 10.0. The third-order valence-corrected chi connectivity index (χ3v) is 2.19. The second kappa shape index (κ2) is 4.93. The lowest BCUT2D eigenvalue weighted by Crippen LogP contribution is -2.52. The summed E-state index contributed by atoms with van der Waals surface area (Å²) in [5, 5.41) is 12.5. The van der Waals surface area contributed by atoms with Crippen molar-refractivity contribution in [2.24, 2.45) is 0 Å². The average Bonchev–Trinajstić information content (AvgIpc) is 2.66. The maximum atomic E-state index is 11.7. The van der Waals surface area contributed by atoms with Gasteiger partial charge in [0.05, 0.1) is 11.7 Å². The van der Waals surface area contributed by atoms with Gasteiger partial charge in [0.2, 0.25) is 5.91 Å². The average molecular weight is 210 g/mol. The lowest BCUT2D eigenvalue weighted by molar-refractivity contribution is -0.126. The Morgan fingerprint density at radius 1 is 1.60 bits per heavy atom. The molecule has 1 aromatic rings. The number of aromatic nitrogens is 2. The standard InChI is InChI=1S/C10H18N4O/c1-4-12-10(2,3)9(15)11-5-8-6-13-14-7-8/h6-7,12H,4-5H2,1-3H3,(H,11,15)(H,13,14). The van der Waals surface area contributed by atoms with Gasteiger partial charge in [-0.25, -0.2) is 0 Å². The molecule has 0 aliphatic carbocycles. The molecule has 0 fully saturated rings. The fraction of sp³-hybridized carbons (Fsp3) is 0.600. The molecule has 0 spiro atoms. The van der Waals surface area contributed by atoms with Crippen LogP contribution in [0.5, 0.6) is 0 Å². The Kier molecular flexibility index (Phi) is 3.85. The Balaban J connectivity index is 2.42. The molecule has 5 nitrogen and oxygen atoms in total. The quantitative estimate of drug-likeness (QED) is 0.659. The molecule has 0 bridgehead atoms. The maximum Gasteiger partial charge on any atom is 0.239 e. The minimum Gasteiger partial charge on any atom is -0.350 e. The van der Waals surface area contributed by atoms with Gasteiger partial charge in [-0.05, 0) is 20.4 Å². The summed E-state index contributed by atoms with van der Waals surface area (Å²) in [6.45, 7) is 6.98. The topological polar surface area (TPSA) is 69.8 Å². The molecule has 1 heterocycles. The van der Waals surface area contributed by atoms with Gasteiger partial charge in [-0.2, -0.15) is 5.10 Å². The van der Waals surface area contributed by atoms with E-state index in [4.69, 9.17) is 0 Å². The molecule has 0 saturated carbocycles. The van der Waals surface area contributed by atoms with Crippen LogP contribution in [0.2, 0.25) is 0 Å². The van der Waals surface area contributed by atoms with Crippen LogP contribution in [0.3, 0.4) is 0 Å². The summed E-state index contributed by atoms with van der Waals surface area (Å²) in [4.78, 5) is 11.7. The number of carbonyl (C=O) groups excluding carboxylic acids is 1. The van der Waals surface area contributed by atoms with E-state index < -0.39 is 5.54 Å². The van der Waals surface area contributed by atoms with Crippen molar-refractivity contribution in [2.45, 2.75) is 32.9 Å². The molecule has 0 atom stereocenters. The van der Waals surface area contributed by atoms with E-state index in [0.29, 0.717) is 6.54 Å². The minimum absolute atomic E-state index is 0.00875. The third-order valence-electron chi connectivity index (χ3n) is 2.19. The number of likely N-dealkylation sites (N-methyl/N-ethyl adjacent to an activating group) is 1. The van der Waals surface area contributed by atoms with Gasteiger partial charge in [-0.1, -0.05) is 6.92 Å². The van der Waals surface area contributed by atoms with Crippen LogP contribution < -0.4 is 10.6 Å². The zero-order chi connectivity index (χ0) is 11.3. The Bertz CT molecular complexity index is 305. The van der Waals surface area contributed by atoms with Crippen LogP contribution in [0.1, 0.15) is 26.3 Å². The second-order valence-corrected chi connectivity index (χ2v) is 3.94. The molecular formula is C10H18N4O. The molecular weight excluding hydrogens is 192 g/mol. The largest absolute Gasteiger partial charge is 0.350 e. The fourth-order valence-corrected chi connectivity index (χ4v) is 1.30. The van der Waals surface area contributed by atoms with Crippen molar-refractivity contribution >= 4 is 5.91 Å². The van der Waals surface area contributed by atoms with Crippen molar-refractivity contribution < 1.29 is 4.79 Å². The van der Waals surface area contributed by atoms with Crippen LogP contribution in [-0.4, -0.2) is 28.2 Å². The normalized spacial score (nSPS) is 11.4. The van der Waals surface area contributed by atoms with Crippen molar-refractivity contribution in [3.63, 3.8) is 0 Å². The first-order valence-corrected chi connectivity index (χ1v) is 5.07. The molecule has 0 aliphatic rings.